The quantitative estimate of drug-likeness (QED) is 0.456. The van der Waals surface area contributed by atoms with Crippen LogP contribution in [0.15, 0.2) is 29.5 Å². The highest BCUT2D eigenvalue weighted by atomic mass is 35.5. The number of nitro groups is 1. The van der Waals surface area contributed by atoms with Gasteiger partial charge in [-0.05, 0) is 12.1 Å². The van der Waals surface area contributed by atoms with E-state index in [4.69, 9.17) is 16.3 Å². The maximum atomic E-state index is 12.5. The SMILES string of the molecule is COc1cc(/C=N/Nc2ncc(C(F)(F)F)cc2Cl)cc([N+](=O)[O-])c1O. The molecule has 138 valence electrons. The molecule has 0 amide bonds. The second-order valence-electron chi connectivity index (χ2n) is 4.77. The van der Waals surface area contributed by atoms with Gasteiger partial charge in [-0.15, -0.1) is 0 Å². The predicted octanol–water partition coefficient (Wildman–Crippen LogP) is 3.82. The summed E-state index contributed by atoms with van der Waals surface area (Å²) in [7, 11) is 1.21. The Morgan fingerprint density at radius 2 is 2.12 bits per heavy atom. The van der Waals surface area contributed by atoms with Crippen LogP contribution in [0.3, 0.4) is 0 Å². The number of nitrogens with one attached hydrogen (secondary N) is 1. The summed E-state index contributed by atoms with van der Waals surface area (Å²) in [6, 6.07) is 2.99. The van der Waals surface area contributed by atoms with Crippen LogP contribution < -0.4 is 10.2 Å². The molecule has 0 saturated carbocycles. The van der Waals surface area contributed by atoms with E-state index in [1.807, 2.05) is 0 Å². The average Bonchev–Trinajstić information content (AvgIpc) is 2.56. The van der Waals surface area contributed by atoms with Crippen molar-refractivity contribution in [1.82, 2.24) is 4.98 Å². The topological polar surface area (TPSA) is 110 Å². The Morgan fingerprint density at radius 1 is 1.42 bits per heavy atom. The van der Waals surface area contributed by atoms with Crippen molar-refractivity contribution in [2.24, 2.45) is 5.10 Å². The van der Waals surface area contributed by atoms with E-state index in [2.05, 4.69) is 15.5 Å². The highest BCUT2D eigenvalue weighted by Gasteiger charge is 2.31. The second kappa shape index (κ2) is 7.44. The lowest BCUT2D eigenvalue weighted by molar-refractivity contribution is -0.386. The summed E-state index contributed by atoms with van der Waals surface area (Å²) < 4.78 is 42.5. The predicted molar refractivity (Wildman–Crippen MR) is 86.8 cm³/mol. The molecule has 12 heteroatoms. The third kappa shape index (κ3) is 4.30. The zero-order valence-electron chi connectivity index (χ0n) is 12.9. The number of methoxy groups -OCH3 is 1. The molecule has 0 aliphatic carbocycles. The largest absolute Gasteiger partial charge is 0.500 e. The Kier molecular flexibility index (Phi) is 5.50. The number of pyridine rings is 1. The Hall–Kier alpha value is -3.08. The number of hydrazone groups is 1. The number of aromatic nitrogens is 1. The van der Waals surface area contributed by atoms with E-state index in [1.165, 1.54) is 13.2 Å². The van der Waals surface area contributed by atoms with Crippen LogP contribution in [-0.4, -0.2) is 28.3 Å². The minimum Gasteiger partial charge on any atom is -0.500 e. The smallest absolute Gasteiger partial charge is 0.417 e. The highest BCUT2D eigenvalue weighted by molar-refractivity contribution is 6.32. The third-order valence-electron chi connectivity index (χ3n) is 3.05. The van der Waals surface area contributed by atoms with Crippen LogP contribution in [-0.2, 0) is 6.18 Å². The van der Waals surface area contributed by atoms with Crippen molar-refractivity contribution < 1.29 is 27.9 Å². The van der Waals surface area contributed by atoms with Crippen LogP contribution in [0.2, 0.25) is 5.02 Å². The van der Waals surface area contributed by atoms with Gasteiger partial charge in [0.05, 0.1) is 28.8 Å². The Bertz CT molecular complexity index is 874. The van der Waals surface area contributed by atoms with E-state index in [1.54, 1.807) is 0 Å². The molecule has 0 atom stereocenters. The first kappa shape index (κ1) is 19.2. The van der Waals surface area contributed by atoms with Crippen LogP contribution in [0, 0.1) is 10.1 Å². The number of hydrogen-bond donors (Lipinski definition) is 2. The summed E-state index contributed by atoms with van der Waals surface area (Å²) >= 11 is 5.71. The molecular weight excluding hydrogens is 381 g/mol. The van der Waals surface area contributed by atoms with Crippen LogP contribution in [0.1, 0.15) is 11.1 Å². The highest BCUT2D eigenvalue weighted by Crippen LogP contribution is 2.36. The number of halogens is 4. The van der Waals surface area contributed by atoms with Gasteiger partial charge in [-0.3, -0.25) is 15.5 Å². The van der Waals surface area contributed by atoms with Crippen molar-refractivity contribution in [1.29, 1.82) is 0 Å². The molecule has 1 aromatic carbocycles. The van der Waals surface area contributed by atoms with Gasteiger partial charge in [-0.1, -0.05) is 11.6 Å². The molecule has 1 heterocycles. The molecule has 0 radical (unpaired) electrons. The number of nitro benzene ring substituents is 1. The third-order valence-corrected chi connectivity index (χ3v) is 3.33. The molecule has 8 nitrogen and oxygen atoms in total. The van der Waals surface area contributed by atoms with Gasteiger partial charge in [0.25, 0.3) is 0 Å². The fourth-order valence-electron chi connectivity index (χ4n) is 1.83. The first-order valence-electron chi connectivity index (χ1n) is 6.70. The number of anilines is 1. The fourth-order valence-corrected chi connectivity index (χ4v) is 2.03. The lowest BCUT2D eigenvalue weighted by Gasteiger charge is -2.08. The molecule has 0 unspecified atom stereocenters. The summed E-state index contributed by atoms with van der Waals surface area (Å²) in [5, 5.41) is 24.0. The van der Waals surface area contributed by atoms with Crippen LogP contribution in [0.5, 0.6) is 11.5 Å². The standard InChI is InChI=1S/C14H10ClF3N4O4/c1-26-11-3-7(2-10(12(11)23)22(24)25)5-20-21-13-9(15)4-8(6-19-13)14(16,17)18/h2-6,23H,1H3,(H,19,21)/b20-5+. The number of hydrogen-bond acceptors (Lipinski definition) is 7. The van der Waals surface area contributed by atoms with Gasteiger partial charge >= 0.3 is 11.9 Å². The molecule has 2 rings (SSSR count). The first-order valence-corrected chi connectivity index (χ1v) is 7.08. The molecule has 26 heavy (non-hydrogen) atoms. The number of nitrogens with zero attached hydrogens (tertiary/aromatic N) is 3. The van der Waals surface area contributed by atoms with Gasteiger partial charge in [0, 0.05) is 17.8 Å². The lowest BCUT2D eigenvalue weighted by Crippen LogP contribution is -2.06. The lowest BCUT2D eigenvalue weighted by atomic mass is 10.2. The maximum absolute atomic E-state index is 12.5. The number of alkyl halides is 3. The van der Waals surface area contributed by atoms with Gasteiger partial charge in [0.2, 0.25) is 5.75 Å². The maximum Gasteiger partial charge on any atom is 0.417 e. The van der Waals surface area contributed by atoms with Gasteiger partial charge in [-0.25, -0.2) is 4.98 Å². The van der Waals surface area contributed by atoms with Crippen molar-refractivity contribution >= 4 is 29.3 Å². The van der Waals surface area contributed by atoms with E-state index in [9.17, 15) is 28.4 Å². The molecule has 0 aliphatic rings. The first-order chi connectivity index (χ1) is 12.1. The van der Waals surface area contributed by atoms with Crippen LogP contribution in [0.4, 0.5) is 24.7 Å². The van der Waals surface area contributed by atoms with E-state index < -0.39 is 28.1 Å². The molecule has 0 saturated heterocycles. The second-order valence-corrected chi connectivity index (χ2v) is 5.18. The molecule has 2 aromatic rings. The number of phenols is 1. The van der Waals surface area contributed by atoms with Crippen molar-refractivity contribution in [2.75, 3.05) is 12.5 Å². The van der Waals surface area contributed by atoms with E-state index in [0.29, 0.717) is 12.3 Å². The molecule has 1 aromatic heterocycles. The van der Waals surface area contributed by atoms with Gasteiger partial charge in [-0.2, -0.15) is 18.3 Å². The number of ether oxygens (including phenoxy) is 1. The summed E-state index contributed by atoms with van der Waals surface area (Å²) in [4.78, 5) is 13.6. The number of rotatable bonds is 5. The van der Waals surface area contributed by atoms with Crippen LogP contribution in [0.25, 0.3) is 0 Å². The zero-order chi connectivity index (χ0) is 19.5. The Balaban J connectivity index is 2.24. The van der Waals surface area contributed by atoms with Crippen molar-refractivity contribution in [3.8, 4) is 11.5 Å². The van der Waals surface area contributed by atoms with Crippen LogP contribution >= 0.6 is 11.6 Å². The normalized spacial score (nSPS) is 11.6. The number of benzene rings is 1. The fraction of sp³-hybridized carbons (Fsp3) is 0.143. The molecule has 0 spiro atoms. The van der Waals surface area contributed by atoms with Gasteiger partial charge < -0.3 is 9.84 Å². The minimum atomic E-state index is -4.58. The van der Waals surface area contributed by atoms with E-state index >= 15 is 0 Å². The van der Waals surface area contributed by atoms with Crippen molar-refractivity contribution in [3.05, 3.63) is 50.7 Å². The Labute approximate surface area is 149 Å². The summed E-state index contributed by atoms with van der Waals surface area (Å²) in [6.45, 7) is 0. The zero-order valence-corrected chi connectivity index (χ0v) is 13.7. The van der Waals surface area contributed by atoms with Crippen molar-refractivity contribution in [3.63, 3.8) is 0 Å². The Morgan fingerprint density at radius 3 is 2.65 bits per heavy atom. The number of aromatic hydroxyl groups is 1. The van der Waals surface area contributed by atoms with E-state index in [0.717, 1.165) is 12.3 Å². The molecule has 2 N–H and O–H groups in total. The molecule has 0 fully saturated rings. The minimum absolute atomic E-state index is 0.142. The van der Waals surface area contributed by atoms with E-state index in [-0.39, 0.29) is 22.2 Å². The number of phenolic OH excluding ortho intramolecular Hbond substituents is 1. The van der Waals surface area contributed by atoms with Crippen molar-refractivity contribution in [2.45, 2.75) is 6.18 Å². The molecule has 0 bridgehead atoms. The summed E-state index contributed by atoms with van der Waals surface area (Å²) in [6.07, 6.45) is -2.89. The average molecular weight is 391 g/mol. The van der Waals surface area contributed by atoms with Gasteiger partial charge in [0.1, 0.15) is 0 Å². The van der Waals surface area contributed by atoms with Gasteiger partial charge in [0.15, 0.2) is 11.6 Å². The summed E-state index contributed by atoms with van der Waals surface area (Å²) in [5.41, 5.74) is 0.891. The summed E-state index contributed by atoms with van der Waals surface area (Å²) in [5.74, 6) is -0.933. The molecule has 0 aliphatic heterocycles. The monoisotopic (exact) mass is 390 g/mol. The molecular formula is C14H10ClF3N4O4.